The molecule has 0 radical (unpaired) electrons. The zero-order valence-electron chi connectivity index (χ0n) is 13.1. The number of rotatable bonds is 6. The highest BCUT2D eigenvalue weighted by Gasteiger charge is 2.50. The van der Waals surface area contributed by atoms with Gasteiger partial charge in [0.25, 0.3) is 0 Å². The van der Waals surface area contributed by atoms with Gasteiger partial charge in [0.1, 0.15) is 0 Å². The number of aryl methyl sites for hydroxylation is 2. The molecule has 112 valence electrons. The van der Waals surface area contributed by atoms with Crippen molar-refractivity contribution in [3.63, 3.8) is 0 Å². The minimum absolute atomic E-state index is 0.573. The molecule has 0 saturated heterocycles. The standard InChI is InChI=1S/C17H28N2S/c1-12(2)18-10-17(9-14-4-5-15(17)8-14)7-6-16-13(3)19-11-20-16/h11-12,14-15,18H,4-10H2,1-3H3. The summed E-state index contributed by atoms with van der Waals surface area (Å²) in [5.41, 5.74) is 3.83. The molecular formula is C17H28N2S. The number of nitrogens with one attached hydrogen (secondary N) is 1. The third-order valence-corrected chi connectivity index (χ3v) is 6.65. The van der Waals surface area contributed by atoms with E-state index in [1.165, 1.54) is 55.6 Å². The Morgan fingerprint density at radius 1 is 1.45 bits per heavy atom. The summed E-state index contributed by atoms with van der Waals surface area (Å²) in [6.07, 6.45) is 8.53. The molecule has 1 aromatic heterocycles. The molecule has 20 heavy (non-hydrogen) atoms. The number of thiazole rings is 1. The second-order valence-electron chi connectivity index (χ2n) is 7.34. The van der Waals surface area contributed by atoms with Crippen LogP contribution >= 0.6 is 11.3 Å². The van der Waals surface area contributed by atoms with Crippen molar-refractivity contribution in [3.8, 4) is 0 Å². The highest BCUT2D eigenvalue weighted by atomic mass is 32.1. The van der Waals surface area contributed by atoms with E-state index in [1.54, 1.807) is 0 Å². The Labute approximate surface area is 127 Å². The van der Waals surface area contributed by atoms with Gasteiger partial charge in [0.2, 0.25) is 0 Å². The van der Waals surface area contributed by atoms with Gasteiger partial charge >= 0.3 is 0 Å². The lowest BCUT2D eigenvalue weighted by molar-refractivity contribution is 0.140. The third kappa shape index (κ3) is 2.80. The van der Waals surface area contributed by atoms with Crippen LogP contribution in [-0.2, 0) is 6.42 Å². The van der Waals surface area contributed by atoms with Crippen molar-refractivity contribution >= 4 is 11.3 Å². The van der Waals surface area contributed by atoms with Crippen LogP contribution in [0.25, 0.3) is 0 Å². The van der Waals surface area contributed by atoms with E-state index in [2.05, 4.69) is 31.1 Å². The Bertz CT molecular complexity index is 454. The molecule has 3 rings (SSSR count). The Morgan fingerprint density at radius 3 is 2.85 bits per heavy atom. The molecule has 3 heteroatoms. The van der Waals surface area contributed by atoms with Gasteiger partial charge in [-0.05, 0) is 56.3 Å². The van der Waals surface area contributed by atoms with Gasteiger partial charge in [-0.15, -0.1) is 11.3 Å². The first-order valence-corrected chi connectivity index (χ1v) is 9.09. The topological polar surface area (TPSA) is 24.9 Å². The summed E-state index contributed by atoms with van der Waals surface area (Å²) in [4.78, 5) is 5.92. The van der Waals surface area contributed by atoms with E-state index in [1.807, 2.05) is 16.8 Å². The molecule has 3 unspecified atom stereocenters. The molecule has 2 aliphatic rings. The molecule has 0 amide bonds. The maximum absolute atomic E-state index is 4.41. The minimum atomic E-state index is 0.573. The molecule has 1 aromatic rings. The maximum Gasteiger partial charge on any atom is 0.0797 e. The van der Waals surface area contributed by atoms with Crippen molar-refractivity contribution in [1.82, 2.24) is 10.3 Å². The van der Waals surface area contributed by atoms with Crippen molar-refractivity contribution in [3.05, 3.63) is 16.1 Å². The molecule has 3 atom stereocenters. The Morgan fingerprint density at radius 2 is 2.30 bits per heavy atom. The number of hydrogen-bond acceptors (Lipinski definition) is 3. The van der Waals surface area contributed by atoms with Gasteiger partial charge in [-0.3, -0.25) is 0 Å². The van der Waals surface area contributed by atoms with Crippen molar-refractivity contribution in [2.45, 2.75) is 65.3 Å². The van der Waals surface area contributed by atoms with Gasteiger partial charge in [-0.1, -0.05) is 20.3 Å². The van der Waals surface area contributed by atoms with Crippen LogP contribution in [0.2, 0.25) is 0 Å². The largest absolute Gasteiger partial charge is 0.314 e. The molecule has 2 fully saturated rings. The van der Waals surface area contributed by atoms with Crippen LogP contribution in [0.4, 0.5) is 0 Å². The molecule has 2 nitrogen and oxygen atoms in total. The number of aromatic nitrogens is 1. The molecule has 1 heterocycles. The highest BCUT2D eigenvalue weighted by molar-refractivity contribution is 7.09. The first-order valence-electron chi connectivity index (χ1n) is 8.21. The fourth-order valence-corrected chi connectivity index (χ4v) is 5.29. The Hall–Kier alpha value is -0.410. The summed E-state index contributed by atoms with van der Waals surface area (Å²) >= 11 is 1.84. The Kier molecular flexibility index (Phi) is 4.19. The first kappa shape index (κ1) is 14.5. The van der Waals surface area contributed by atoms with Crippen LogP contribution in [0, 0.1) is 24.2 Å². The van der Waals surface area contributed by atoms with Crippen LogP contribution in [0.5, 0.6) is 0 Å². The van der Waals surface area contributed by atoms with E-state index in [4.69, 9.17) is 0 Å². The average molecular weight is 292 g/mol. The maximum atomic E-state index is 4.41. The summed E-state index contributed by atoms with van der Waals surface area (Å²) < 4.78 is 0. The van der Waals surface area contributed by atoms with Crippen molar-refractivity contribution in [1.29, 1.82) is 0 Å². The number of hydrogen-bond donors (Lipinski definition) is 1. The lowest BCUT2D eigenvalue weighted by Crippen LogP contribution is -2.41. The van der Waals surface area contributed by atoms with E-state index in [0.29, 0.717) is 11.5 Å². The monoisotopic (exact) mass is 292 g/mol. The van der Waals surface area contributed by atoms with Crippen molar-refractivity contribution in [2.75, 3.05) is 6.54 Å². The zero-order valence-corrected chi connectivity index (χ0v) is 13.9. The summed E-state index contributed by atoms with van der Waals surface area (Å²) in [7, 11) is 0. The summed E-state index contributed by atoms with van der Waals surface area (Å²) in [6, 6.07) is 0.608. The van der Waals surface area contributed by atoms with Crippen molar-refractivity contribution in [2.24, 2.45) is 17.3 Å². The minimum Gasteiger partial charge on any atom is -0.314 e. The highest BCUT2D eigenvalue weighted by Crippen LogP contribution is 2.57. The van der Waals surface area contributed by atoms with Crippen LogP contribution in [0.3, 0.4) is 0 Å². The normalized spacial score (nSPS) is 32.4. The molecule has 0 aromatic carbocycles. The predicted molar refractivity (Wildman–Crippen MR) is 86.2 cm³/mol. The molecule has 2 bridgehead atoms. The average Bonchev–Trinajstić information content (AvgIpc) is 3.10. The predicted octanol–water partition coefficient (Wildman–Crippen LogP) is 4.19. The summed E-state index contributed by atoms with van der Waals surface area (Å²) in [5.74, 6) is 2.00. The lowest BCUT2D eigenvalue weighted by Gasteiger charge is -2.39. The van der Waals surface area contributed by atoms with E-state index in [9.17, 15) is 0 Å². The quantitative estimate of drug-likeness (QED) is 0.850. The van der Waals surface area contributed by atoms with Crippen molar-refractivity contribution < 1.29 is 0 Å². The second kappa shape index (κ2) is 5.76. The molecular weight excluding hydrogens is 264 g/mol. The molecule has 2 aliphatic carbocycles. The second-order valence-corrected chi connectivity index (χ2v) is 8.28. The van der Waals surface area contributed by atoms with E-state index >= 15 is 0 Å². The first-order chi connectivity index (χ1) is 9.59. The molecule has 0 aliphatic heterocycles. The van der Waals surface area contributed by atoms with E-state index in [0.717, 1.165) is 11.8 Å². The number of nitrogens with zero attached hydrogens (tertiary/aromatic N) is 1. The van der Waals surface area contributed by atoms with Crippen LogP contribution < -0.4 is 5.32 Å². The van der Waals surface area contributed by atoms with Gasteiger partial charge in [0, 0.05) is 17.5 Å². The fourth-order valence-electron chi connectivity index (χ4n) is 4.51. The zero-order chi connectivity index (χ0) is 14.2. The smallest absolute Gasteiger partial charge is 0.0797 e. The van der Waals surface area contributed by atoms with E-state index < -0.39 is 0 Å². The van der Waals surface area contributed by atoms with Gasteiger partial charge in [0.15, 0.2) is 0 Å². The summed E-state index contributed by atoms with van der Waals surface area (Å²) in [5, 5.41) is 3.75. The van der Waals surface area contributed by atoms with Crippen LogP contribution in [-0.4, -0.2) is 17.6 Å². The fraction of sp³-hybridized carbons (Fsp3) is 0.824. The van der Waals surface area contributed by atoms with Gasteiger partial charge < -0.3 is 5.32 Å². The summed E-state index contributed by atoms with van der Waals surface area (Å²) in [6.45, 7) is 7.93. The number of fused-ring (bicyclic) bond motifs is 2. The van der Waals surface area contributed by atoms with Crippen LogP contribution in [0.15, 0.2) is 5.51 Å². The third-order valence-electron chi connectivity index (χ3n) is 5.66. The van der Waals surface area contributed by atoms with E-state index in [-0.39, 0.29) is 0 Å². The van der Waals surface area contributed by atoms with Gasteiger partial charge in [-0.25, -0.2) is 4.98 Å². The molecule has 1 N–H and O–H groups in total. The SMILES string of the molecule is Cc1ncsc1CCC1(CNC(C)C)CC2CCC1C2. The van der Waals surface area contributed by atoms with Gasteiger partial charge in [-0.2, -0.15) is 0 Å². The van der Waals surface area contributed by atoms with Gasteiger partial charge in [0.05, 0.1) is 11.2 Å². The van der Waals surface area contributed by atoms with Crippen LogP contribution in [0.1, 0.15) is 56.5 Å². The Balaban J connectivity index is 1.68. The lowest BCUT2D eigenvalue weighted by atomic mass is 9.70. The molecule has 0 spiro atoms. The molecule has 2 saturated carbocycles.